The SMILES string of the molecule is CC(C)CCCn1cnc(CNC(C)C)n1. The number of aromatic nitrogens is 3. The fourth-order valence-electron chi connectivity index (χ4n) is 1.48. The van der Waals surface area contributed by atoms with Crippen molar-refractivity contribution in [3.05, 3.63) is 12.2 Å². The Hall–Kier alpha value is -0.900. The Morgan fingerprint density at radius 2 is 2.06 bits per heavy atom. The van der Waals surface area contributed by atoms with Crippen molar-refractivity contribution >= 4 is 0 Å². The van der Waals surface area contributed by atoms with Gasteiger partial charge in [0.05, 0.1) is 6.54 Å². The molecule has 0 amide bonds. The third kappa shape index (κ3) is 5.26. The molecule has 4 nitrogen and oxygen atoms in total. The van der Waals surface area contributed by atoms with Crippen LogP contribution in [0.5, 0.6) is 0 Å². The maximum absolute atomic E-state index is 4.42. The molecule has 0 bridgehead atoms. The van der Waals surface area contributed by atoms with Crippen LogP contribution in [-0.2, 0) is 13.1 Å². The number of aryl methyl sites for hydroxylation is 1. The van der Waals surface area contributed by atoms with Crippen LogP contribution in [0, 0.1) is 5.92 Å². The summed E-state index contributed by atoms with van der Waals surface area (Å²) in [6, 6.07) is 0.480. The third-order valence-electron chi connectivity index (χ3n) is 2.42. The molecule has 0 aliphatic carbocycles. The molecule has 0 saturated heterocycles. The summed E-state index contributed by atoms with van der Waals surface area (Å²) < 4.78 is 1.94. The van der Waals surface area contributed by atoms with Crippen molar-refractivity contribution in [2.75, 3.05) is 0 Å². The van der Waals surface area contributed by atoms with Crippen molar-refractivity contribution < 1.29 is 0 Å². The Labute approximate surface area is 98.5 Å². The second-order valence-electron chi connectivity index (χ2n) is 5.00. The fourth-order valence-corrected chi connectivity index (χ4v) is 1.48. The van der Waals surface area contributed by atoms with E-state index in [1.165, 1.54) is 12.8 Å². The van der Waals surface area contributed by atoms with Crippen LogP contribution in [0.2, 0.25) is 0 Å². The molecule has 1 aromatic rings. The van der Waals surface area contributed by atoms with Crippen molar-refractivity contribution in [3.8, 4) is 0 Å². The molecule has 1 rings (SSSR count). The molecule has 0 aliphatic heterocycles. The predicted molar refractivity (Wildman–Crippen MR) is 66.1 cm³/mol. The first-order chi connectivity index (χ1) is 7.58. The van der Waals surface area contributed by atoms with E-state index in [9.17, 15) is 0 Å². The minimum atomic E-state index is 0.480. The standard InChI is InChI=1S/C12H24N4/c1-10(2)6-5-7-16-9-14-12(15-16)8-13-11(3)4/h9-11,13H,5-8H2,1-4H3. The molecule has 0 spiro atoms. The summed E-state index contributed by atoms with van der Waals surface area (Å²) in [5.74, 6) is 1.66. The molecule has 0 aromatic carbocycles. The molecule has 0 aliphatic rings. The van der Waals surface area contributed by atoms with E-state index in [0.717, 1.165) is 24.8 Å². The van der Waals surface area contributed by atoms with E-state index in [4.69, 9.17) is 0 Å². The molecule has 0 fully saturated rings. The van der Waals surface area contributed by atoms with Crippen LogP contribution < -0.4 is 5.32 Å². The van der Waals surface area contributed by atoms with Gasteiger partial charge >= 0.3 is 0 Å². The smallest absolute Gasteiger partial charge is 0.164 e. The molecular formula is C12H24N4. The molecule has 1 N–H and O–H groups in total. The van der Waals surface area contributed by atoms with Gasteiger partial charge in [-0.3, -0.25) is 4.68 Å². The molecule has 16 heavy (non-hydrogen) atoms. The third-order valence-corrected chi connectivity index (χ3v) is 2.42. The lowest BCUT2D eigenvalue weighted by Crippen LogP contribution is -2.22. The maximum atomic E-state index is 4.42. The topological polar surface area (TPSA) is 42.7 Å². The predicted octanol–water partition coefficient (Wildman–Crippen LogP) is 2.21. The average Bonchev–Trinajstić information content (AvgIpc) is 2.62. The normalized spacial score (nSPS) is 11.6. The van der Waals surface area contributed by atoms with E-state index < -0.39 is 0 Å². The van der Waals surface area contributed by atoms with Gasteiger partial charge in [-0.1, -0.05) is 27.7 Å². The van der Waals surface area contributed by atoms with E-state index in [-0.39, 0.29) is 0 Å². The Kier molecular flexibility index (Phi) is 5.46. The second-order valence-corrected chi connectivity index (χ2v) is 5.00. The van der Waals surface area contributed by atoms with Gasteiger partial charge in [0.1, 0.15) is 6.33 Å². The number of nitrogens with one attached hydrogen (secondary N) is 1. The molecular weight excluding hydrogens is 200 g/mol. The van der Waals surface area contributed by atoms with Gasteiger partial charge in [-0.15, -0.1) is 0 Å². The number of rotatable bonds is 7. The van der Waals surface area contributed by atoms with Crippen LogP contribution in [0.4, 0.5) is 0 Å². The number of nitrogens with zero attached hydrogens (tertiary/aromatic N) is 3. The van der Waals surface area contributed by atoms with E-state index >= 15 is 0 Å². The zero-order chi connectivity index (χ0) is 12.0. The molecule has 1 heterocycles. The Morgan fingerprint density at radius 3 is 2.69 bits per heavy atom. The summed E-state index contributed by atoms with van der Waals surface area (Å²) in [6.07, 6.45) is 4.26. The van der Waals surface area contributed by atoms with Crippen LogP contribution >= 0.6 is 0 Å². The maximum Gasteiger partial charge on any atom is 0.164 e. The van der Waals surface area contributed by atoms with Crippen LogP contribution in [0.15, 0.2) is 6.33 Å². The summed E-state index contributed by atoms with van der Waals surface area (Å²) in [4.78, 5) is 4.28. The molecule has 0 radical (unpaired) electrons. The van der Waals surface area contributed by atoms with Gasteiger partial charge in [-0.25, -0.2) is 4.98 Å². The van der Waals surface area contributed by atoms with Crippen LogP contribution in [-0.4, -0.2) is 20.8 Å². The summed E-state index contributed by atoms with van der Waals surface area (Å²) in [5, 5.41) is 7.73. The Bertz CT molecular complexity index is 291. The molecule has 0 atom stereocenters. The average molecular weight is 224 g/mol. The highest BCUT2D eigenvalue weighted by atomic mass is 15.3. The summed E-state index contributed by atoms with van der Waals surface area (Å²) in [5.41, 5.74) is 0. The highest BCUT2D eigenvalue weighted by Crippen LogP contribution is 2.04. The minimum Gasteiger partial charge on any atom is -0.308 e. The Morgan fingerprint density at radius 1 is 1.31 bits per heavy atom. The van der Waals surface area contributed by atoms with Gasteiger partial charge in [0, 0.05) is 12.6 Å². The van der Waals surface area contributed by atoms with Crippen molar-refractivity contribution in [2.24, 2.45) is 5.92 Å². The quantitative estimate of drug-likeness (QED) is 0.772. The zero-order valence-electron chi connectivity index (χ0n) is 10.9. The van der Waals surface area contributed by atoms with Gasteiger partial charge in [0.25, 0.3) is 0 Å². The van der Waals surface area contributed by atoms with E-state index in [1.807, 2.05) is 11.0 Å². The fraction of sp³-hybridized carbons (Fsp3) is 0.833. The first-order valence-electron chi connectivity index (χ1n) is 6.19. The lowest BCUT2D eigenvalue weighted by molar-refractivity contribution is 0.484. The minimum absolute atomic E-state index is 0.480. The molecule has 0 saturated carbocycles. The van der Waals surface area contributed by atoms with Crippen molar-refractivity contribution in [1.29, 1.82) is 0 Å². The van der Waals surface area contributed by atoms with E-state index in [2.05, 4.69) is 43.1 Å². The number of hydrogen-bond donors (Lipinski definition) is 1. The van der Waals surface area contributed by atoms with Gasteiger partial charge in [-0.05, 0) is 18.8 Å². The second kappa shape index (κ2) is 6.63. The molecule has 92 valence electrons. The summed E-state index contributed by atoms with van der Waals surface area (Å²) >= 11 is 0. The van der Waals surface area contributed by atoms with E-state index in [0.29, 0.717) is 6.04 Å². The monoisotopic (exact) mass is 224 g/mol. The van der Waals surface area contributed by atoms with E-state index in [1.54, 1.807) is 0 Å². The zero-order valence-corrected chi connectivity index (χ0v) is 10.9. The first kappa shape index (κ1) is 13.2. The van der Waals surface area contributed by atoms with Gasteiger partial charge in [0.2, 0.25) is 0 Å². The Balaban J connectivity index is 2.28. The number of hydrogen-bond acceptors (Lipinski definition) is 3. The summed E-state index contributed by atoms with van der Waals surface area (Å²) in [6.45, 7) is 10.5. The molecule has 1 aromatic heterocycles. The highest BCUT2D eigenvalue weighted by molar-refractivity contribution is 4.81. The van der Waals surface area contributed by atoms with Crippen molar-refractivity contribution in [3.63, 3.8) is 0 Å². The van der Waals surface area contributed by atoms with Crippen molar-refractivity contribution in [1.82, 2.24) is 20.1 Å². The van der Waals surface area contributed by atoms with Gasteiger partial charge < -0.3 is 5.32 Å². The summed E-state index contributed by atoms with van der Waals surface area (Å²) in [7, 11) is 0. The first-order valence-corrected chi connectivity index (χ1v) is 6.19. The van der Waals surface area contributed by atoms with Crippen LogP contribution in [0.25, 0.3) is 0 Å². The molecule has 0 unspecified atom stereocenters. The lowest BCUT2D eigenvalue weighted by atomic mass is 10.1. The largest absolute Gasteiger partial charge is 0.308 e. The van der Waals surface area contributed by atoms with Crippen LogP contribution in [0.1, 0.15) is 46.4 Å². The van der Waals surface area contributed by atoms with Gasteiger partial charge in [0.15, 0.2) is 5.82 Å². The van der Waals surface area contributed by atoms with Crippen molar-refractivity contribution in [2.45, 2.75) is 59.7 Å². The highest BCUT2D eigenvalue weighted by Gasteiger charge is 2.02. The molecule has 4 heteroatoms. The lowest BCUT2D eigenvalue weighted by Gasteiger charge is -2.05. The van der Waals surface area contributed by atoms with Gasteiger partial charge in [-0.2, -0.15) is 5.10 Å². The van der Waals surface area contributed by atoms with Crippen LogP contribution in [0.3, 0.4) is 0 Å².